The lowest BCUT2D eigenvalue weighted by Gasteiger charge is -2.35. The van der Waals surface area contributed by atoms with Crippen LogP contribution in [0.2, 0.25) is 0 Å². The average molecular weight is 818 g/mol. The van der Waals surface area contributed by atoms with Gasteiger partial charge in [0.1, 0.15) is 0 Å². The zero-order chi connectivity index (χ0) is 43.0. The van der Waals surface area contributed by atoms with Crippen molar-refractivity contribution in [3.05, 3.63) is 269 Å². The molecule has 0 unspecified atom stereocenters. The van der Waals surface area contributed by atoms with Crippen LogP contribution in [-0.2, 0) is 10.8 Å². The van der Waals surface area contributed by atoms with Gasteiger partial charge in [-0.25, -0.2) is 0 Å². The van der Waals surface area contributed by atoms with Gasteiger partial charge in [0.05, 0.1) is 11.1 Å². The van der Waals surface area contributed by atoms with E-state index in [4.69, 9.17) is 0 Å². The molecule has 10 aromatic carbocycles. The van der Waals surface area contributed by atoms with Crippen molar-refractivity contribution in [2.24, 2.45) is 0 Å². The summed E-state index contributed by atoms with van der Waals surface area (Å²) in [5.74, 6) is 0. The molecule has 64 heavy (non-hydrogen) atoms. The maximum Gasteiger partial charge on any atom is 0.0714 e. The van der Waals surface area contributed by atoms with Gasteiger partial charge in [-0.2, -0.15) is 0 Å². The van der Waals surface area contributed by atoms with Gasteiger partial charge < -0.3 is 4.90 Å². The Morgan fingerprint density at radius 3 is 1.52 bits per heavy atom. The molecule has 0 bridgehead atoms. The molecule has 2 aliphatic carbocycles. The Morgan fingerprint density at radius 2 is 0.844 bits per heavy atom. The third kappa shape index (κ3) is 5.70. The van der Waals surface area contributed by atoms with Crippen molar-refractivity contribution in [1.82, 2.24) is 0 Å². The summed E-state index contributed by atoms with van der Waals surface area (Å²) in [6, 6.07) is 86.0. The zero-order valence-electron chi connectivity index (χ0n) is 36.4. The van der Waals surface area contributed by atoms with Crippen molar-refractivity contribution in [3.8, 4) is 44.5 Å². The molecule has 0 fully saturated rings. The Labute approximate surface area is 376 Å². The van der Waals surface area contributed by atoms with Crippen molar-refractivity contribution in [3.63, 3.8) is 0 Å². The van der Waals surface area contributed by atoms with Crippen LogP contribution < -0.4 is 4.90 Å². The second-order valence-electron chi connectivity index (χ2n) is 18.1. The van der Waals surface area contributed by atoms with E-state index < -0.39 is 5.41 Å². The van der Waals surface area contributed by atoms with Gasteiger partial charge in [-0.1, -0.05) is 202 Å². The molecule has 0 N–H and O–H groups in total. The Kier molecular flexibility index (Phi) is 8.71. The Bertz CT molecular complexity index is 3380. The molecule has 10 aromatic rings. The van der Waals surface area contributed by atoms with Crippen molar-refractivity contribution in [2.75, 3.05) is 4.90 Å². The summed E-state index contributed by atoms with van der Waals surface area (Å²) >= 11 is 0. The Hall–Kier alpha value is -7.74. The second kappa shape index (κ2) is 14.7. The molecule has 0 radical (unpaired) electrons. The minimum absolute atomic E-state index is 0.166. The summed E-state index contributed by atoms with van der Waals surface area (Å²) in [4.78, 5) is 2.56. The molecule has 0 aromatic heterocycles. The highest BCUT2D eigenvalue weighted by Gasteiger charge is 2.46. The third-order valence-corrected chi connectivity index (χ3v) is 14.2. The van der Waals surface area contributed by atoms with Crippen molar-refractivity contribution in [2.45, 2.75) is 31.6 Å². The predicted octanol–water partition coefficient (Wildman–Crippen LogP) is 16.6. The molecule has 304 valence electrons. The maximum atomic E-state index is 2.56. The van der Waals surface area contributed by atoms with E-state index in [-0.39, 0.29) is 5.41 Å². The van der Waals surface area contributed by atoms with E-state index >= 15 is 0 Å². The highest BCUT2D eigenvalue weighted by atomic mass is 15.1. The first-order chi connectivity index (χ1) is 31.4. The van der Waals surface area contributed by atoms with E-state index in [1.807, 2.05) is 0 Å². The molecule has 0 saturated carbocycles. The standard InChI is InChI=1S/C63H47N/c1-42-37-47(46-32-31-43-19-13-14-22-45(43)38-46)39-56(44-20-7-4-8-21-44)61(42)64(50-33-35-54-52-27-15-17-29-57(52)62(2,3)59(54)40-50)51-34-36-55-53-28-16-18-30-58(53)63(60(55)41-51,48-23-9-5-10-24-48)49-25-11-6-12-26-49/h4-41H,1-3H3. The molecule has 0 spiro atoms. The van der Waals surface area contributed by atoms with Gasteiger partial charge in [-0.15, -0.1) is 0 Å². The zero-order valence-corrected chi connectivity index (χ0v) is 36.4. The summed E-state index contributed by atoms with van der Waals surface area (Å²) in [7, 11) is 0. The lowest BCUT2D eigenvalue weighted by Crippen LogP contribution is -2.28. The largest absolute Gasteiger partial charge is 0.310 e. The van der Waals surface area contributed by atoms with Gasteiger partial charge in [0.15, 0.2) is 0 Å². The lowest BCUT2D eigenvalue weighted by molar-refractivity contribution is 0.660. The molecule has 1 nitrogen and oxygen atoms in total. The van der Waals surface area contributed by atoms with Gasteiger partial charge in [-0.3, -0.25) is 0 Å². The van der Waals surface area contributed by atoms with E-state index in [2.05, 4.69) is 256 Å². The molecular formula is C63H47N. The summed E-state index contributed by atoms with van der Waals surface area (Å²) in [5, 5.41) is 2.49. The first kappa shape index (κ1) is 38.0. The Balaban J connectivity index is 1.15. The summed E-state index contributed by atoms with van der Waals surface area (Å²) in [6.45, 7) is 7.06. The smallest absolute Gasteiger partial charge is 0.0714 e. The minimum Gasteiger partial charge on any atom is -0.310 e. The van der Waals surface area contributed by atoms with Crippen LogP contribution in [0.3, 0.4) is 0 Å². The van der Waals surface area contributed by atoms with Crippen LogP contribution in [0.5, 0.6) is 0 Å². The van der Waals surface area contributed by atoms with E-state index in [9.17, 15) is 0 Å². The normalized spacial score (nSPS) is 13.8. The summed E-state index contributed by atoms with van der Waals surface area (Å²) in [5.41, 5.74) is 21.7. The molecule has 0 heterocycles. The van der Waals surface area contributed by atoms with Gasteiger partial charge in [-0.05, 0) is 138 Å². The Morgan fingerprint density at radius 1 is 0.328 bits per heavy atom. The van der Waals surface area contributed by atoms with E-state index in [0.29, 0.717) is 0 Å². The fourth-order valence-electron chi connectivity index (χ4n) is 11.3. The molecule has 12 rings (SSSR count). The highest BCUT2D eigenvalue weighted by molar-refractivity contribution is 5.97. The average Bonchev–Trinajstić information content (AvgIpc) is 3.77. The number of fused-ring (bicyclic) bond motifs is 7. The molecule has 2 aliphatic rings. The topological polar surface area (TPSA) is 3.24 Å². The lowest BCUT2D eigenvalue weighted by atomic mass is 9.67. The number of benzene rings is 10. The summed E-state index contributed by atoms with van der Waals surface area (Å²) < 4.78 is 0. The van der Waals surface area contributed by atoms with Crippen LogP contribution in [0.25, 0.3) is 55.3 Å². The van der Waals surface area contributed by atoms with Gasteiger partial charge in [0.25, 0.3) is 0 Å². The molecule has 1 heteroatoms. The molecule has 0 amide bonds. The van der Waals surface area contributed by atoms with Gasteiger partial charge >= 0.3 is 0 Å². The minimum atomic E-state index is -0.533. The van der Waals surface area contributed by atoms with Crippen molar-refractivity contribution >= 4 is 27.8 Å². The number of hydrogen-bond acceptors (Lipinski definition) is 1. The van der Waals surface area contributed by atoms with Gasteiger partial charge in [0, 0.05) is 22.4 Å². The number of rotatable bonds is 7. The van der Waals surface area contributed by atoms with Crippen molar-refractivity contribution in [1.29, 1.82) is 0 Å². The maximum absolute atomic E-state index is 2.56. The fraction of sp³-hybridized carbons (Fsp3) is 0.0794. The third-order valence-electron chi connectivity index (χ3n) is 14.2. The quantitative estimate of drug-likeness (QED) is 0.155. The van der Waals surface area contributed by atoms with E-state index in [1.54, 1.807) is 0 Å². The molecular weight excluding hydrogens is 771 g/mol. The van der Waals surface area contributed by atoms with Crippen LogP contribution in [-0.4, -0.2) is 0 Å². The van der Waals surface area contributed by atoms with Crippen LogP contribution >= 0.6 is 0 Å². The van der Waals surface area contributed by atoms with Crippen molar-refractivity contribution < 1.29 is 0 Å². The van der Waals surface area contributed by atoms with Gasteiger partial charge in [0.2, 0.25) is 0 Å². The molecule has 0 saturated heterocycles. The predicted molar refractivity (Wildman–Crippen MR) is 269 cm³/mol. The first-order valence-corrected chi connectivity index (χ1v) is 22.5. The van der Waals surface area contributed by atoms with E-state index in [1.165, 1.54) is 99.9 Å². The number of hydrogen-bond donors (Lipinski definition) is 0. The summed E-state index contributed by atoms with van der Waals surface area (Å²) in [6.07, 6.45) is 0. The highest BCUT2D eigenvalue weighted by Crippen LogP contribution is 2.58. The van der Waals surface area contributed by atoms with E-state index in [0.717, 1.165) is 11.4 Å². The van der Waals surface area contributed by atoms with Crippen LogP contribution in [0.15, 0.2) is 231 Å². The monoisotopic (exact) mass is 817 g/mol. The number of aryl methyl sites for hydroxylation is 1. The van der Waals surface area contributed by atoms with Crippen LogP contribution in [0, 0.1) is 6.92 Å². The fourth-order valence-corrected chi connectivity index (χ4v) is 11.3. The molecule has 0 atom stereocenters. The number of anilines is 3. The second-order valence-corrected chi connectivity index (χ2v) is 18.1. The first-order valence-electron chi connectivity index (χ1n) is 22.5. The number of nitrogens with zero attached hydrogens (tertiary/aromatic N) is 1. The van der Waals surface area contributed by atoms with Crippen LogP contribution in [0.1, 0.15) is 52.8 Å². The molecule has 0 aliphatic heterocycles. The SMILES string of the molecule is Cc1cc(-c2ccc3ccccc3c2)cc(-c2ccccc2)c1N(c1ccc2c(c1)C(C)(C)c1ccccc1-2)c1ccc2c(c1)C(c1ccccc1)(c1ccccc1)c1ccccc1-2. The van der Waals surface area contributed by atoms with Crippen LogP contribution in [0.4, 0.5) is 17.1 Å².